The summed E-state index contributed by atoms with van der Waals surface area (Å²) >= 11 is 0. The summed E-state index contributed by atoms with van der Waals surface area (Å²) in [6.45, 7) is 6.68. The van der Waals surface area contributed by atoms with Crippen molar-refractivity contribution in [2.24, 2.45) is 0 Å². The summed E-state index contributed by atoms with van der Waals surface area (Å²) in [7, 11) is 0. The summed E-state index contributed by atoms with van der Waals surface area (Å²) in [5.41, 5.74) is 1.10. The van der Waals surface area contributed by atoms with Crippen LogP contribution in [0.5, 0.6) is 0 Å². The first-order valence-electron chi connectivity index (χ1n) is 8.04. The van der Waals surface area contributed by atoms with Gasteiger partial charge in [0.25, 0.3) is 11.8 Å². The van der Waals surface area contributed by atoms with Crippen molar-refractivity contribution in [1.29, 1.82) is 0 Å². The zero-order chi connectivity index (χ0) is 17.9. The fourth-order valence-electron chi connectivity index (χ4n) is 1.99. The molecule has 0 saturated carbocycles. The van der Waals surface area contributed by atoms with E-state index in [9.17, 15) is 14.4 Å². The van der Waals surface area contributed by atoms with Crippen molar-refractivity contribution in [2.45, 2.75) is 27.2 Å². The Bertz CT molecular complexity index is 590. The third-order valence-electron chi connectivity index (χ3n) is 3.30. The Morgan fingerprint density at radius 2 is 1.71 bits per heavy atom. The minimum atomic E-state index is -0.549. The lowest BCUT2D eigenvalue weighted by Gasteiger charge is -2.18. The van der Waals surface area contributed by atoms with E-state index in [1.165, 1.54) is 6.08 Å². The standard InChI is InChI=1S/C18H24N2O4/c1-4-7-8-17(22)24-13-16(21)19-15-11-9-14(10-12-15)18(23)20(5-2)6-3/h7-12H,4-6,13H2,1-3H3,(H,19,21)/b8-7+. The number of nitrogens with one attached hydrogen (secondary N) is 1. The first-order chi connectivity index (χ1) is 11.5. The van der Waals surface area contributed by atoms with Gasteiger partial charge in [0.1, 0.15) is 0 Å². The number of ether oxygens (including phenoxy) is 1. The maximum absolute atomic E-state index is 12.2. The number of carbonyl (C=O) groups excluding carboxylic acids is 3. The maximum atomic E-state index is 12.2. The van der Waals surface area contributed by atoms with Crippen LogP contribution >= 0.6 is 0 Å². The smallest absolute Gasteiger partial charge is 0.330 e. The molecule has 1 aromatic carbocycles. The van der Waals surface area contributed by atoms with E-state index in [1.54, 1.807) is 35.2 Å². The second-order valence-electron chi connectivity index (χ2n) is 5.02. The van der Waals surface area contributed by atoms with Crippen molar-refractivity contribution in [3.8, 4) is 0 Å². The fraction of sp³-hybridized carbons (Fsp3) is 0.389. The number of hydrogen-bond donors (Lipinski definition) is 1. The zero-order valence-electron chi connectivity index (χ0n) is 14.4. The van der Waals surface area contributed by atoms with Crippen LogP contribution in [-0.4, -0.2) is 42.4 Å². The minimum absolute atomic E-state index is 0.0467. The van der Waals surface area contributed by atoms with Crippen LogP contribution in [0.2, 0.25) is 0 Å². The molecule has 0 aromatic heterocycles. The fourth-order valence-corrected chi connectivity index (χ4v) is 1.99. The highest BCUT2D eigenvalue weighted by atomic mass is 16.5. The summed E-state index contributed by atoms with van der Waals surface area (Å²) in [5, 5.41) is 2.61. The molecular formula is C18H24N2O4. The number of anilines is 1. The van der Waals surface area contributed by atoms with Gasteiger partial charge in [0.05, 0.1) is 0 Å². The van der Waals surface area contributed by atoms with Gasteiger partial charge < -0.3 is 15.0 Å². The van der Waals surface area contributed by atoms with Gasteiger partial charge in [0.15, 0.2) is 6.61 Å². The van der Waals surface area contributed by atoms with Crippen LogP contribution in [0.1, 0.15) is 37.6 Å². The zero-order valence-corrected chi connectivity index (χ0v) is 14.4. The van der Waals surface area contributed by atoms with Crippen molar-refractivity contribution >= 4 is 23.5 Å². The lowest BCUT2D eigenvalue weighted by molar-refractivity contribution is -0.142. The number of rotatable bonds is 8. The molecule has 2 amide bonds. The number of amides is 2. The molecule has 0 atom stereocenters. The topological polar surface area (TPSA) is 75.7 Å². The largest absolute Gasteiger partial charge is 0.452 e. The van der Waals surface area contributed by atoms with Crippen molar-refractivity contribution < 1.29 is 19.1 Å². The van der Waals surface area contributed by atoms with Crippen molar-refractivity contribution in [3.63, 3.8) is 0 Å². The summed E-state index contributed by atoms with van der Waals surface area (Å²) in [6.07, 6.45) is 3.67. The van der Waals surface area contributed by atoms with Crippen LogP contribution in [0.15, 0.2) is 36.4 Å². The molecule has 0 heterocycles. The third-order valence-corrected chi connectivity index (χ3v) is 3.30. The Balaban J connectivity index is 2.55. The van der Waals surface area contributed by atoms with E-state index in [0.717, 1.165) is 6.42 Å². The van der Waals surface area contributed by atoms with Gasteiger partial charge in [0.2, 0.25) is 0 Å². The molecule has 24 heavy (non-hydrogen) atoms. The molecule has 0 saturated heterocycles. The number of carbonyl (C=O) groups is 3. The second-order valence-corrected chi connectivity index (χ2v) is 5.02. The number of benzene rings is 1. The third kappa shape index (κ3) is 6.24. The Hall–Kier alpha value is -2.63. The molecule has 0 radical (unpaired) electrons. The quantitative estimate of drug-likeness (QED) is 0.586. The van der Waals surface area contributed by atoms with E-state index in [1.807, 2.05) is 20.8 Å². The summed E-state index contributed by atoms with van der Waals surface area (Å²) < 4.78 is 4.80. The van der Waals surface area contributed by atoms with Gasteiger partial charge in [0, 0.05) is 30.4 Å². The normalized spacial score (nSPS) is 10.5. The van der Waals surface area contributed by atoms with Crippen LogP contribution in [-0.2, 0) is 14.3 Å². The van der Waals surface area contributed by atoms with Crippen LogP contribution in [0.25, 0.3) is 0 Å². The SMILES string of the molecule is CC/C=C/C(=O)OCC(=O)Nc1ccc(C(=O)N(CC)CC)cc1. The van der Waals surface area contributed by atoms with E-state index in [-0.39, 0.29) is 12.5 Å². The second kappa shape index (κ2) is 10.2. The van der Waals surface area contributed by atoms with Gasteiger partial charge in [-0.3, -0.25) is 9.59 Å². The molecular weight excluding hydrogens is 308 g/mol. The average molecular weight is 332 g/mol. The van der Waals surface area contributed by atoms with Gasteiger partial charge >= 0.3 is 5.97 Å². The first kappa shape index (κ1) is 19.4. The molecule has 0 unspecified atom stereocenters. The first-order valence-corrected chi connectivity index (χ1v) is 8.04. The molecule has 0 fully saturated rings. The molecule has 1 rings (SSSR count). The van der Waals surface area contributed by atoms with Crippen molar-refractivity contribution in [2.75, 3.05) is 25.0 Å². The molecule has 130 valence electrons. The molecule has 6 heteroatoms. The summed E-state index contributed by atoms with van der Waals surface area (Å²) in [4.78, 5) is 36.9. The number of nitrogens with zero attached hydrogens (tertiary/aromatic N) is 1. The Morgan fingerprint density at radius 3 is 2.25 bits per heavy atom. The van der Waals surface area contributed by atoms with Crippen molar-refractivity contribution in [1.82, 2.24) is 4.90 Å². The minimum Gasteiger partial charge on any atom is -0.452 e. The van der Waals surface area contributed by atoms with Gasteiger partial charge in [-0.25, -0.2) is 4.79 Å². The Morgan fingerprint density at radius 1 is 1.08 bits per heavy atom. The maximum Gasteiger partial charge on any atom is 0.330 e. The molecule has 0 aliphatic rings. The molecule has 0 aliphatic heterocycles. The molecule has 1 aromatic rings. The van der Waals surface area contributed by atoms with E-state index in [0.29, 0.717) is 24.3 Å². The number of hydrogen-bond acceptors (Lipinski definition) is 4. The molecule has 1 N–H and O–H groups in total. The highest BCUT2D eigenvalue weighted by Gasteiger charge is 2.12. The lowest BCUT2D eigenvalue weighted by atomic mass is 10.2. The highest BCUT2D eigenvalue weighted by Crippen LogP contribution is 2.11. The Kier molecular flexibility index (Phi) is 8.25. The molecule has 0 bridgehead atoms. The van der Waals surface area contributed by atoms with E-state index >= 15 is 0 Å². The van der Waals surface area contributed by atoms with Gasteiger partial charge in [-0.2, -0.15) is 0 Å². The average Bonchev–Trinajstić information content (AvgIpc) is 2.59. The lowest BCUT2D eigenvalue weighted by Crippen LogP contribution is -2.30. The highest BCUT2D eigenvalue weighted by molar-refractivity contribution is 5.96. The van der Waals surface area contributed by atoms with Gasteiger partial charge in [-0.05, 0) is 44.5 Å². The predicted octanol–water partition coefficient (Wildman–Crippen LogP) is 2.62. The van der Waals surface area contributed by atoms with Crippen LogP contribution in [0.3, 0.4) is 0 Å². The molecule has 0 aliphatic carbocycles. The predicted molar refractivity (Wildman–Crippen MR) is 92.7 cm³/mol. The molecule has 6 nitrogen and oxygen atoms in total. The summed E-state index contributed by atoms with van der Waals surface area (Å²) in [6, 6.07) is 6.61. The van der Waals surface area contributed by atoms with Gasteiger partial charge in [-0.1, -0.05) is 13.0 Å². The van der Waals surface area contributed by atoms with E-state index in [2.05, 4.69) is 5.32 Å². The van der Waals surface area contributed by atoms with E-state index < -0.39 is 11.9 Å². The number of allylic oxidation sites excluding steroid dienone is 1. The Labute approximate surface area is 142 Å². The van der Waals surface area contributed by atoms with Crippen LogP contribution in [0, 0.1) is 0 Å². The van der Waals surface area contributed by atoms with E-state index in [4.69, 9.17) is 4.74 Å². The van der Waals surface area contributed by atoms with Gasteiger partial charge in [-0.15, -0.1) is 0 Å². The van der Waals surface area contributed by atoms with Crippen LogP contribution < -0.4 is 5.32 Å². The monoisotopic (exact) mass is 332 g/mol. The number of esters is 1. The van der Waals surface area contributed by atoms with Crippen molar-refractivity contribution in [3.05, 3.63) is 42.0 Å². The summed E-state index contributed by atoms with van der Waals surface area (Å²) in [5.74, 6) is -1.03. The molecule has 0 spiro atoms. The van der Waals surface area contributed by atoms with Crippen LogP contribution in [0.4, 0.5) is 5.69 Å².